The van der Waals surface area contributed by atoms with Crippen molar-refractivity contribution >= 4 is 11.5 Å². The Hall–Kier alpha value is -2.09. The van der Waals surface area contributed by atoms with Crippen LogP contribution in [0.1, 0.15) is 32.3 Å². The fourth-order valence-corrected chi connectivity index (χ4v) is 1.94. The summed E-state index contributed by atoms with van der Waals surface area (Å²) in [5.41, 5.74) is 3.95. The molecule has 1 aromatic carbocycles. The highest BCUT2D eigenvalue weighted by atomic mass is 16.4. The van der Waals surface area contributed by atoms with Gasteiger partial charge < -0.3 is 5.11 Å². The monoisotopic (exact) mass is 256 g/mol. The average Bonchev–Trinajstić information content (AvgIpc) is 2.33. The standard InChI is InChI=1S/C17H20O2/c1-12(2)10-15(14-8-6-5-7-9-14)16(17(18)19)11-13(3)4/h5-9H,1,3,10-11H2,2,4H3,(H,18,19). The van der Waals surface area contributed by atoms with E-state index in [-0.39, 0.29) is 0 Å². The lowest BCUT2D eigenvalue weighted by Crippen LogP contribution is -2.05. The topological polar surface area (TPSA) is 37.3 Å². The Kier molecular flexibility index (Phi) is 5.31. The van der Waals surface area contributed by atoms with Gasteiger partial charge in [0.25, 0.3) is 0 Å². The number of carboxylic acid groups (broad SMARTS) is 1. The quantitative estimate of drug-likeness (QED) is 0.602. The van der Waals surface area contributed by atoms with Gasteiger partial charge in [0.05, 0.1) is 0 Å². The molecule has 0 atom stereocenters. The summed E-state index contributed by atoms with van der Waals surface area (Å²) in [5.74, 6) is -0.886. The summed E-state index contributed by atoms with van der Waals surface area (Å²) in [6.45, 7) is 11.4. The molecule has 0 fully saturated rings. The van der Waals surface area contributed by atoms with E-state index in [1.807, 2.05) is 44.2 Å². The summed E-state index contributed by atoms with van der Waals surface area (Å²) in [6.07, 6.45) is 0.950. The predicted molar refractivity (Wildman–Crippen MR) is 79.9 cm³/mol. The van der Waals surface area contributed by atoms with Crippen molar-refractivity contribution in [3.8, 4) is 0 Å². The van der Waals surface area contributed by atoms with E-state index >= 15 is 0 Å². The third kappa shape index (κ3) is 4.59. The van der Waals surface area contributed by atoms with Gasteiger partial charge in [-0.15, -0.1) is 0 Å². The molecule has 2 heteroatoms. The molecule has 0 radical (unpaired) electrons. The number of aliphatic carboxylic acids is 1. The molecule has 100 valence electrons. The van der Waals surface area contributed by atoms with Crippen molar-refractivity contribution in [1.29, 1.82) is 0 Å². The van der Waals surface area contributed by atoms with Crippen LogP contribution in [0.2, 0.25) is 0 Å². The van der Waals surface area contributed by atoms with E-state index in [4.69, 9.17) is 0 Å². The van der Waals surface area contributed by atoms with Crippen LogP contribution in [0.5, 0.6) is 0 Å². The molecule has 0 bridgehead atoms. The number of rotatable bonds is 6. The van der Waals surface area contributed by atoms with Crippen LogP contribution in [0.3, 0.4) is 0 Å². The van der Waals surface area contributed by atoms with Crippen molar-refractivity contribution in [3.63, 3.8) is 0 Å². The van der Waals surface area contributed by atoms with Crippen molar-refractivity contribution < 1.29 is 9.90 Å². The zero-order chi connectivity index (χ0) is 14.4. The average molecular weight is 256 g/mol. The van der Waals surface area contributed by atoms with Crippen molar-refractivity contribution in [1.82, 2.24) is 0 Å². The number of hydrogen-bond acceptors (Lipinski definition) is 1. The molecule has 0 amide bonds. The molecule has 0 saturated carbocycles. The fourth-order valence-electron chi connectivity index (χ4n) is 1.94. The molecule has 1 aromatic rings. The first-order chi connectivity index (χ1) is 8.91. The minimum absolute atomic E-state index is 0.382. The first-order valence-electron chi connectivity index (χ1n) is 6.21. The Morgan fingerprint density at radius 1 is 1.05 bits per heavy atom. The minimum Gasteiger partial charge on any atom is -0.478 e. The Morgan fingerprint density at radius 3 is 2.00 bits per heavy atom. The van der Waals surface area contributed by atoms with E-state index < -0.39 is 5.97 Å². The smallest absolute Gasteiger partial charge is 0.332 e. The first kappa shape index (κ1) is 15.0. The number of hydrogen-bond donors (Lipinski definition) is 1. The molecule has 0 heterocycles. The third-order valence-corrected chi connectivity index (χ3v) is 2.70. The lowest BCUT2D eigenvalue weighted by Gasteiger charge is -2.13. The summed E-state index contributed by atoms with van der Waals surface area (Å²) < 4.78 is 0. The largest absolute Gasteiger partial charge is 0.478 e. The lowest BCUT2D eigenvalue weighted by molar-refractivity contribution is -0.132. The minimum atomic E-state index is -0.886. The van der Waals surface area contributed by atoms with E-state index in [1.54, 1.807) is 0 Å². The Morgan fingerprint density at radius 2 is 1.58 bits per heavy atom. The second-order valence-corrected chi connectivity index (χ2v) is 4.90. The van der Waals surface area contributed by atoms with Gasteiger partial charge >= 0.3 is 5.97 Å². The van der Waals surface area contributed by atoms with Gasteiger partial charge in [-0.3, -0.25) is 0 Å². The molecule has 1 rings (SSSR count). The maximum atomic E-state index is 11.5. The molecule has 2 nitrogen and oxygen atoms in total. The summed E-state index contributed by atoms with van der Waals surface area (Å²) in [6, 6.07) is 9.60. The van der Waals surface area contributed by atoms with Gasteiger partial charge in [-0.1, -0.05) is 54.6 Å². The van der Waals surface area contributed by atoms with Gasteiger partial charge in [0, 0.05) is 12.0 Å². The van der Waals surface area contributed by atoms with Gasteiger partial charge in [-0.25, -0.2) is 4.79 Å². The Balaban J connectivity index is 3.37. The zero-order valence-electron chi connectivity index (χ0n) is 11.6. The number of carbonyl (C=O) groups is 1. The highest BCUT2D eigenvalue weighted by Gasteiger charge is 2.16. The molecule has 0 aliphatic rings. The number of benzene rings is 1. The number of carboxylic acids is 1. The van der Waals surface area contributed by atoms with Crippen LogP contribution < -0.4 is 0 Å². The summed E-state index contributed by atoms with van der Waals surface area (Å²) in [5, 5.41) is 9.44. The van der Waals surface area contributed by atoms with Crippen molar-refractivity contribution in [2.45, 2.75) is 26.7 Å². The second kappa shape index (κ2) is 6.74. The molecule has 0 aliphatic carbocycles. The molecule has 0 aromatic heterocycles. The van der Waals surface area contributed by atoms with Crippen molar-refractivity contribution in [2.75, 3.05) is 0 Å². The summed E-state index contributed by atoms with van der Waals surface area (Å²) >= 11 is 0. The molecule has 19 heavy (non-hydrogen) atoms. The van der Waals surface area contributed by atoms with E-state index in [2.05, 4.69) is 13.2 Å². The fraction of sp³-hybridized carbons (Fsp3) is 0.235. The number of allylic oxidation sites excluding steroid dienone is 3. The normalized spacial score (nSPS) is 11.7. The SMILES string of the molecule is C=C(C)CC(C(=O)O)=C(CC(=C)C)c1ccccc1. The Bertz CT molecular complexity index is 521. The van der Waals surface area contributed by atoms with Crippen molar-refractivity contribution in [3.05, 3.63) is 65.8 Å². The van der Waals surface area contributed by atoms with Crippen LogP contribution in [0, 0.1) is 0 Å². The molecule has 1 N–H and O–H groups in total. The van der Waals surface area contributed by atoms with E-state index in [0.717, 1.165) is 22.3 Å². The predicted octanol–water partition coefficient (Wildman–Crippen LogP) is 4.46. The summed E-state index contributed by atoms with van der Waals surface area (Å²) in [4.78, 5) is 11.5. The highest BCUT2D eigenvalue weighted by molar-refractivity contribution is 5.97. The molecule has 0 aliphatic heterocycles. The highest BCUT2D eigenvalue weighted by Crippen LogP contribution is 2.28. The van der Waals surface area contributed by atoms with Crippen LogP contribution in [-0.2, 0) is 4.79 Å². The van der Waals surface area contributed by atoms with Crippen molar-refractivity contribution in [2.24, 2.45) is 0 Å². The molecule has 0 unspecified atom stereocenters. The van der Waals surface area contributed by atoms with E-state index in [0.29, 0.717) is 18.4 Å². The van der Waals surface area contributed by atoms with Gasteiger partial charge in [0.1, 0.15) is 0 Å². The first-order valence-corrected chi connectivity index (χ1v) is 6.21. The maximum absolute atomic E-state index is 11.5. The second-order valence-electron chi connectivity index (χ2n) is 4.90. The maximum Gasteiger partial charge on any atom is 0.332 e. The van der Waals surface area contributed by atoms with Gasteiger partial charge in [0.15, 0.2) is 0 Å². The van der Waals surface area contributed by atoms with E-state index in [9.17, 15) is 9.90 Å². The van der Waals surface area contributed by atoms with Gasteiger partial charge in [0.2, 0.25) is 0 Å². The molecular weight excluding hydrogens is 236 g/mol. The lowest BCUT2D eigenvalue weighted by atomic mass is 9.91. The van der Waals surface area contributed by atoms with Gasteiger partial charge in [-0.2, -0.15) is 0 Å². The molecule has 0 spiro atoms. The third-order valence-electron chi connectivity index (χ3n) is 2.70. The molecular formula is C17H20O2. The van der Waals surface area contributed by atoms with Crippen LogP contribution in [0.15, 0.2) is 60.2 Å². The van der Waals surface area contributed by atoms with Crippen LogP contribution in [-0.4, -0.2) is 11.1 Å². The van der Waals surface area contributed by atoms with Crippen LogP contribution >= 0.6 is 0 Å². The summed E-state index contributed by atoms with van der Waals surface area (Å²) in [7, 11) is 0. The van der Waals surface area contributed by atoms with Crippen LogP contribution in [0.4, 0.5) is 0 Å². The Labute approximate surface area is 114 Å². The van der Waals surface area contributed by atoms with Crippen LogP contribution in [0.25, 0.3) is 5.57 Å². The van der Waals surface area contributed by atoms with Gasteiger partial charge in [-0.05, 0) is 31.4 Å². The zero-order valence-corrected chi connectivity index (χ0v) is 11.6. The van der Waals surface area contributed by atoms with E-state index in [1.165, 1.54) is 0 Å². The molecule has 0 saturated heterocycles.